The number of carbonyl (C=O) groups is 1. The minimum Gasteiger partial charge on any atom is -0.469 e. The predicted molar refractivity (Wildman–Crippen MR) is 98.4 cm³/mol. The molecule has 1 heterocycles. The second-order valence-corrected chi connectivity index (χ2v) is 6.63. The fraction of sp³-hybridized carbons (Fsp3) is 0.579. The fourth-order valence-electron chi connectivity index (χ4n) is 3.09. The lowest BCUT2D eigenvalue weighted by atomic mass is 9.99. The molecule has 0 amide bonds. The van der Waals surface area contributed by atoms with Crippen molar-refractivity contribution in [2.24, 2.45) is 16.8 Å². The van der Waals surface area contributed by atoms with Crippen LogP contribution in [0.3, 0.4) is 0 Å². The molecular formula is C19H29N3O3. The van der Waals surface area contributed by atoms with E-state index in [2.05, 4.69) is 15.2 Å². The summed E-state index contributed by atoms with van der Waals surface area (Å²) < 4.78 is 4.89. The normalized spacial score (nSPS) is 22.0. The molecule has 1 aliphatic rings. The van der Waals surface area contributed by atoms with Gasteiger partial charge in [0.25, 0.3) is 0 Å². The zero-order valence-corrected chi connectivity index (χ0v) is 15.5. The fourth-order valence-corrected chi connectivity index (χ4v) is 3.09. The molecule has 0 radical (unpaired) electrons. The maximum atomic E-state index is 11.9. The van der Waals surface area contributed by atoms with Gasteiger partial charge in [-0.15, -0.1) is 0 Å². The van der Waals surface area contributed by atoms with Crippen LogP contribution in [0, 0.1) is 18.8 Å². The van der Waals surface area contributed by atoms with Gasteiger partial charge in [0.2, 0.25) is 0 Å². The zero-order valence-electron chi connectivity index (χ0n) is 15.5. The highest BCUT2D eigenvalue weighted by Crippen LogP contribution is 2.24. The van der Waals surface area contributed by atoms with Gasteiger partial charge in [-0.1, -0.05) is 36.8 Å². The number of aliphatic hydroxyl groups is 1. The van der Waals surface area contributed by atoms with Gasteiger partial charge < -0.3 is 20.1 Å². The van der Waals surface area contributed by atoms with Crippen molar-refractivity contribution in [3.63, 3.8) is 0 Å². The molecule has 25 heavy (non-hydrogen) atoms. The summed E-state index contributed by atoms with van der Waals surface area (Å²) in [7, 11) is 1.43. The summed E-state index contributed by atoms with van der Waals surface area (Å²) in [6.07, 6.45) is -0.648. The van der Waals surface area contributed by atoms with Crippen molar-refractivity contribution >= 4 is 11.9 Å². The molecule has 0 aliphatic carbocycles. The quantitative estimate of drug-likeness (QED) is 0.482. The summed E-state index contributed by atoms with van der Waals surface area (Å²) >= 11 is 0. The van der Waals surface area contributed by atoms with Gasteiger partial charge in [-0.2, -0.15) is 0 Å². The van der Waals surface area contributed by atoms with E-state index in [0.717, 1.165) is 30.2 Å². The number of guanidine groups is 1. The number of hydrogen-bond acceptors (Lipinski definition) is 4. The number of aliphatic hydroxyl groups excluding tert-OH is 1. The Kier molecular flexibility index (Phi) is 6.82. The Balaban J connectivity index is 2.05. The van der Waals surface area contributed by atoms with Gasteiger partial charge in [-0.3, -0.25) is 9.79 Å². The van der Waals surface area contributed by atoms with E-state index in [0.29, 0.717) is 6.54 Å². The van der Waals surface area contributed by atoms with E-state index in [9.17, 15) is 9.90 Å². The molecule has 1 aromatic carbocycles. The highest BCUT2D eigenvalue weighted by atomic mass is 16.5. The second kappa shape index (κ2) is 8.85. The summed E-state index contributed by atoms with van der Waals surface area (Å²) in [5.74, 6) is 0.617. The lowest BCUT2D eigenvalue weighted by molar-refractivity contribution is -0.145. The predicted octanol–water partition coefficient (Wildman–Crippen LogP) is 1.73. The third-order valence-electron chi connectivity index (χ3n) is 4.63. The van der Waals surface area contributed by atoms with E-state index in [-0.39, 0.29) is 24.3 Å². The number of ether oxygens (including phenoxy) is 1. The van der Waals surface area contributed by atoms with Crippen LogP contribution in [0.25, 0.3) is 0 Å². The largest absolute Gasteiger partial charge is 0.469 e. The molecule has 0 saturated carbocycles. The highest BCUT2D eigenvalue weighted by molar-refractivity contribution is 5.82. The molecule has 1 aliphatic heterocycles. The average Bonchev–Trinajstić information content (AvgIpc) is 2.99. The summed E-state index contributed by atoms with van der Waals surface area (Å²) in [5.41, 5.74) is 2.01. The van der Waals surface area contributed by atoms with Crippen LogP contribution in [-0.4, -0.2) is 55.2 Å². The van der Waals surface area contributed by atoms with Crippen LogP contribution in [0.5, 0.6) is 0 Å². The number of aryl methyl sites for hydroxylation is 1. The van der Waals surface area contributed by atoms with Gasteiger partial charge in [-0.25, -0.2) is 0 Å². The lowest BCUT2D eigenvalue weighted by Crippen LogP contribution is -2.41. The Morgan fingerprint density at radius 1 is 1.40 bits per heavy atom. The molecular weight excluding hydrogens is 318 g/mol. The van der Waals surface area contributed by atoms with Crippen LogP contribution >= 0.6 is 0 Å². The Morgan fingerprint density at radius 3 is 2.68 bits per heavy atom. The van der Waals surface area contributed by atoms with Gasteiger partial charge >= 0.3 is 5.97 Å². The van der Waals surface area contributed by atoms with Crippen LogP contribution in [0.15, 0.2) is 29.3 Å². The first kappa shape index (κ1) is 19.2. The molecule has 2 N–H and O–H groups in total. The maximum absolute atomic E-state index is 11.9. The van der Waals surface area contributed by atoms with E-state index in [1.54, 1.807) is 0 Å². The van der Waals surface area contributed by atoms with Crippen molar-refractivity contribution in [3.8, 4) is 0 Å². The number of methoxy groups -OCH3 is 1. The zero-order chi connectivity index (χ0) is 18.4. The Bertz CT molecular complexity index is 600. The van der Waals surface area contributed by atoms with Gasteiger partial charge in [0.1, 0.15) is 0 Å². The van der Waals surface area contributed by atoms with Crippen LogP contribution < -0.4 is 5.32 Å². The first-order chi connectivity index (χ1) is 12.0. The van der Waals surface area contributed by atoms with Crippen LogP contribution in [-0.2, 0) is 9.53 Å². The van der Waals surface area contributed by atoms with Crippen molar-refractivity contribution in [2.45, 2.75) is 26.9 Å². The monoisotopic (exact) mass is 347 g/mol. The van der Waals surface area contributed by atoms with Gasteiger partial charge in [0.05, 0.1) is 25.7 Å². The maximum Gasteiger partial charge on any atom is 0.310 e. The molecule has 1 saturated heterocycles. The Morgan fingerprint density at radius 2 is 2.08 bits per heavy atom. The molecule has 6 nitrogen and oxygen atoms in total. The number of likely N-dealkylation sites (tertiary alicyclic amines) is 1. The number of nitrogens with zero attached hydrogens (tertiary/aromatic N) is 2. The van der Waals surface area contributed by atoms with E-state index in [1.165, 1.54) is 7.11 Å². The van der Waals surface area contributed by atoms with Gasteiger partial charge in [0.15, 0.2) is 5.96 Å². The molecule has 6 heteroatoms. The number of rotatable bonds is 5. The van der Waals surface area contributed by atoms with Crippen molar-refractivity contribution in [1.29, 1.82) is 0 Å². The van der Waals surface area contributed by atoms with Gasteiger partial charge in [0, 0.05) is 19.6 Å². The number of hydrogen-bond donors (Lipinski definition) is 2. The minimum atomic E-state index is -0.648. The van der Waals surface area contributed by atoms with E-state index in [4.69, 9.17) is 4.74 Å². The summed E-state index contributed by atoms with van der Waals surface area (Å²) in [6, 6.07) is 7.81. The third kappa shape index (κ3) is 4.95. The van der Waals surface area contributed by atoms with Crippen molar-refractivity contribution < 1.29 is 14.6 Å². The number of carbonyl (C=O) groups excluding carboxylic acids is 1. The summed E-state index contributed by atoms with van der Waals surface area (Å²) in [4.78, 5) is 18.5. The first-order valence-corrected chi connectivity index (χ1v) is 8.82. The second-order valence-electron chi connectivity index (χ2n) is 6.63. The van der Waals surface area contributed by atoms with Gasteiger partial charge in [-0.05, 0) is 25.3 Å². The van der Waals surface area contributed by atoms with Crippen molar-refractivity contribution in [2.75, 3.05) is 33.3 Å². The molecule has 3 atom stereocenters. The molecule has 138 valence electrons. The molecule has 3 unspecified atom stereocenters. The number of nitrogens with one attached hydrogen (secondary N) is 1. The number of aliphatic imine (C=N–C) groups is 1. The SMILES string of the molecule is CCNC(=NCC(O)c1ccc(C)cc1)N1CC(C)C(C(=O)OC)C1. The first-order valence-electron chi connectivity index (χ1n) is 8.82. The third-order valence-corrected chi connectivity index (χ3v) is 4.63. The van der Waals surface area contributed by atoms with E-state index < -0.39 is 6.10 Å². The number of benzene rings is 1. The number of esters is 1. The van der Waals surface area contributed by atoms with Crippen LogP contribution in [0.4, 0.5) is 0 Å². The molecule has 0 spiro atoms. The molecule has 0 aromatic heterocycles. The molecule has 0 bridgehead atoms. The van der Waals surface area contributed by atoms with Crippen molar-refractivity contribution in [1.82, 2.24) is 10.2 Å². The van der Waals surface area contributed by atoms with Crippen LogP contribution in [0.1, 0.15) is 31.1 Å². The summed E-state index contributed by atoms with van der Waals surface area (Å²) in [6.45, 7) is 8.40. The minimum absolute atomic E-state index is 0.143. The van der Waals surface area contributed by atoms with E-state index >= 15 is 0 Å². The highest BCUT2D eigenvalue weighted by Gasteiger charge is 2.36. The van der Waals surface area contributed by atoms with E-state index in [1.807, 2.05) is 45.0 Å². The summed E-state index contributed by atoms with van der Waals surface area (Å²) in [5, 5.41) is 13.6. The topological polar surface area (TPSA) is 74.2 Å². The molecule has 1 fully saturated rings. The molecule has 1 aromatic rings. The van der Waals surface area contributed by atoms with Crippen molar-refractivity contribution in [3.05, 3.63) is 35.4 Å². The Labute approximate surface area is 149 Å². The molecule has 2 rings (SSSR count). The Hall–Kier alpha value is -2.08. The van der Waals surface area contributed by atoms with Crippen LogP contribution in [0.2, 0.25) is 0 Å². The average molecular weight is 347 g/mol. The standard InChI is InChI=1S/C19H29N3O3/c1-5-20-19(22-11-14(3)16(12-22)18(24)25-4)21-10-17(23)15-8-6-13(2)7-9-15/h6-9,14,16-17,23H,5,10-12H2,1-4H3,(H,20,21). The lowest BCUT2D eigenvalue weighted by Gasteiger charge is -2.22. The smallest absolute Gasteiger partial charge is 0.310 e.